The number of hydrogen-bond donors (Lipinski definition) is 1. The molecule has 30 heavy (non-hydrogen) atoms. The highest BCUT2D eigenvalue weighted by molar-refractivity contribution is 7.86. The number of piperazine rings is 1. The van der Waals surface area contributed by atoms with E-state index >= 15 is 0 Å². The van der Waals surface area contributed by atoms with Gasteiger partial charge in [0.15, 0.2) is 11.5 Å². The van der Waals surface area contributed by atoms with Crippen LogP contribution in [-0.2, 0) is 14.9 Å². The second-order valence-electron chi connectivity index (χ2n) is 6.75. The molecule has 0 radical (unpaired) electrons. The maximum absolute atomic E-state index is 12.7. The van der Waals surface area contributed by atoms with Gasteiger partial charge >= 0.3 is 6.03 Å². The Bertz CT molecular complexity index is 825. The smallest absolute Gasteiger partial charge is 0.321 e. The van der Waals surface area contributed by atoms with Crippen LogP contribution in [0.2, 0.25) is 0 Å². The van der Waals surface area contributed by atoms with Crippen molar-refractivity contribution >= 4 is 21.9 Å². The van der Waals surface area contributed by atoms with Crippen LogP contribution in [0.15, 0.2) is 12.1 Å². The molecule has 1 aromatic carbocycles. The zero-order valence-electron chi connectivity index (χ0n) is 17.4. The fraction of sp³-hybridized carbons (Fsp3) is 0.611. The Balaban J connectivity index is 1.62. The normalized spacial score (nSPS) is 18.7. The van der Waals surface area contributed by atoms with E-state index in [1.165, 1.54) is 29.9 Å². The number of carbonyl (C=O) groups excluding carboxylic acids is 1. The summed E-state index contributed by atoms with van der Waals surface area (Å²) < 4.78 is 49.4. The van der Waals surface area contributed by atoms with E-state index in [0.717, 1.165) is 0 Å². The first kappa shape index (κ1) is 22.4. The first-order valence-electron chi connectivity index (χ1n) is 9.59. The van der Waals surface area contributed by atoms with Crippen LogP contribution in [0.5, 0.6) is 17.2 Å². The van der Waals surface area contributed by atoms with E-state index in [0.29, 0.717) is 62.3 Å². The average molecular weight is 445 g/mol. The summed E-state index contributed by atoms with van der Waals surface area (Å²) in [5.41, 5.74) is 0.484. The topological polar surface area (TPSA) is 110 Å². The summed E-state index contributed by atoms with van der Waals surface area (Å²) in [5.74, 6) is 1.28. The molecule has 2 aliphatic heterocycles. The van der Waals surface area contributed by atoms with E-state index < -0.39 is 10.2 Å². The molecular weight excluding hydrogens is 416 g/mol. The van der Waals surface area contributed by atoms with Crippen molar-refractivity contribution in [1.82, 2.24) is 13.5 Å². The Morgan fingerprint density at radius 3 is 1.93 bits per heavy atom. The summed E-state index contributed by atoms with van der Waals surface area (Å²) in [6.45, 7) is 2.56. The molecule has 0 aromatic heterocycles. The Morgan fingerprint density at radius 2 is 1.43 bits per heavy atom. The van der Waals surface area contributed by atoms with Crippen molar-refractivity contribution < 1.29 is 32.2 Å². The summed E-state index contributed by atoms with van der Waals surface area (Å²) >= 11 is 0. The van der Waals surface area contributed by atoms with Crippen molar-refractivity contribution in [3.63, 3.8) is 0 Å². The van der Waals surface area contributed by atoms with E-state index in [9.17, 15) is 13.2 Å². The minimum atomic E-state index is -3.54. The first-order chi connectivity index (χ1) is 14.4. The number of nitrogens with one attached hydrogen (secondary N) is 1. The number of ether oxygens (including phenoxy) is 4. The van der Waals surface area contributed by atoms with Crippen LogP contribution in [0.3, 0.4) is 0 Å². The van der Waals surface area contributed by atoms with Crippen molar-refractivity contribution in [1.29, 1.82) is 0 Å². The Morgan fingerprint density at radius 1 is 0.900 bits per heavy atom. The quantitative estimate of drug-likeness (QED) is 0.678. The number of carbonyl (C=O) groups is 1. The molecule has 1 N–H and O–H groups in total. The van der Waals surface area contributed by atoms with Crippen LogP contribution in [0.1, 0.15) is 0 Å². The lowest BCUT2D eigenvalue weighted by molar-refractivity contribution is 0.0691. The molecule has 0 unspecified atom stereocenters. The number of urea groups is 1. The van der Waals surface area contributed by atoms with Gasteiger partial charge in [-0.1, -0.05) is 0 Å². The van der Waals surface area contributed by atoms with Gasteiger partial charge in [0.2, 0.25) is 5.75 Å². The molecule has 2 saturated heterocycles. The van der Waals surface area contributed by atoms with E-state index in [1.54, 1.807) is 17.0 Å². The molecule has 2 amide bonds. The van der Waals surface area contributed by atoms with Crippen LogP contribution in [0, 0.1) is 0 Å². The van der Waals surface area contributed by atoms with Crippen molar-refractivity contribution in [3.8, 4) is 17.2 Å². The molecule has 0 aliphatic carbocycles. The monoisotopic (exact) mass is 444 g/mol. The predicted octanol–water partition coefficient (Wildman–Crippen LogP) is 0.439. The molecule has 3 rings (SSSR count). The van der Waals surface area contributed by atoms with Crippen molar-refractivity contribution in [3.05, 3.63) is 12.1 Å². The van der Waals surface area contributed by atoms with Crippen molar-refractivity contribution in [2.75, 3.05) is 79.1 Å². The fourth-order valence-electron chi connectivity index (χ4n) is 3.42. The lowest BCUT2D eigenvalue weighted by atomic mass is 10.2. The molecule has 0 saturated carbocycles. The Kier molecular flexibility index (Phi) is 7.23. The number of methoxy groups -OCH3 is 3. The zero-order valence-corrected chi connectivity index (χ0v) is 18.2. The molecule has 0 atom stereocenters. The van der Waals surface area contributed by atoms with Crippen molar-refractivity contribution in [2.45, 2.75) is 0 Å². The van der Waals surface area contributed by atoms with Crippen LogP contribution in [0.4, 0.5) is 10.5 Å². The highest BCUT2D eigenvalue weighted by atomic mass is 32.2. The van der Waals surface area contributed by atoms with Gasteiger partial charge in [0.05, 0.1) is 40.2 Å². The summed E-state index contributed by atoms with van der Waals surface area (Å²) in [7, 11) is 0.960. The first-order valence-corrected chi connectivity index (χ1v) is 11.0. The molecule has 12 heteroatoms. The predicted molar refractivity (Wildman–Crippen MR) is 110 cm³/mol. The Labute approximate surface area is 176 Å². The van der Waals surface area contributed by atoms with Gasteiger partial charge in [-0.05, 0) is 0 Å². The zero-order chi connectivity index (χ0) is 21.7. The minimum Gasteiger partial charge on any atom is -0.493 e. The highest BCUT2D eigenvalue weighted by Crippen LogP contribution is 2.40. The van der Waals surface area contributed by atoms with Crippen LogP contribution < -0.4 is 19.5 Å². The van der Waals surface area contributed by atoms with E-state index in [1.807, 2.05) is 0 Å². The van der Waals surface area contributed by atoms with Crippen LogP contribution >= 0.6 is 0 Å². The van der Waals surface area contributed by atoms with Crippen molar-refractivity contribution in [2.24, 2.45) is 0 Å². The van der Waals surface area contributed by atoms with Gasteiger partial charge in [0.1, 0.15) is 0 Å². The average Bonchev–Trinajstić information content (AvgIpc) is 2.78. The summed E-state index contributed by atoms with van der Waals surface area (Å²) in [6.07, 6.45) is 0. The molecule has 2 heterocycles. The molecule has 2 fully saturated rings. The number of benzene rings is 1. The van der Waals surface area contributed by atoms with Gasteiger partial charge in [0.25, 0.3) is 10.2 Å². The Hall–Kier alpha value is -2.28. The highest BCUT2D eigenvalue weighted by Gasteiger charge is 2.34. The van der Waals surface area contributed by atoms with Gasteiger partial charge in [-0.2, -0.15) is 17.0 Å². The van der Waals surface area contributed by atoms with Gasteiger partial charge in [-0.3, -0.25) is 0 Å². The third-order valence-corrected chi connectivity index (χ3v) is 7.10. The number of anilines is 1. The van der Waals surface area contributed by atoms with E-state index in [4.69, 9.17) is 18.9 Å². The number of nitrogens with zero attached hydrogens (tertiary/aromatic N) is 3. The van der Waals surface area contributed by atoms with E-state index in [-0.39, 0.29) is 19.1 Å². The third-order valence-electron chi connectivity index (χ3n) is 5.06. The standard InChI is InChI=1S/C18H28N4O7S/c1-26-15-12-14(13-16(27-2)17(15)28-3)19-18(23)20-4-6-21(7-5-20)30(24,25)22-8-10-29-11-9-22/h12-13H,4-11H2,1-3H3,(H,19,23). The maximum Gasteiger partial charge on any atom is 0.321 e. The second kappa shape index (κ2) is 9.69. The second-order valence-corrected chi connectivity index (χ2v) is 8.68. The lowest BCUT2D eigenvalue weighted by Crippen LogP contribution is -2.56. The number of rotatable bonds is 6. The summed E-state index contributed by atoms with van der Waals surface area (Å²) in [5, 5.41) is 2.81. The van der Waals surface area contributed by atoms with Crippen LogP contribution in [0.25, 0.3) is 0 Å². The molecular formula is C18H28N4O7S. The molecule has 11 nitrogen and oxygen atoms in total. The molecule has 0 spiro atoms. The number of morpholine rings is 1. The minimum absolute atomic E-state index is 0.238. The summed E-state index contributed by atoms with van der Waals surface area (Å²) in [6, 6.07) is 2.95. The van der Waals surface area contributed by atoms with Gasteiger partial charge in [-0.15, -0.1) is 0 Å². The largest absolute Gasteiger partial charge is 0.493 e. The summed E-state index contributed by atoms with van der Waals surface area (Å²) in [4.78, 5) is 14.3. The third kappa shape index (κ3) is 4.72. The number of hydrogen-bond acceptors (Lipinski definition) is 7. The lowest BCUT2D eigenvalue weighted by Gasteiger charge is -2.37. The maximum atomic E-state index is 12.7. The van der Waals surface area contributed by atoms with Gasteiger partial charge in [-0.25, -0.2) is 4.79 Å². The molecule has 2 aliphatic rings. The molecule has 168 valence electrons. The van der Waals surface area contributed by atoms with Crippen LogP contribution in [-0.4, -0.2) is 102 Å². The molecule has 1 aromatic rings. The fourth-order valence-corrected chi connectivity index (χ4v) is 4.98. The van der Waals surface area contributed by atoms with Gasteiger partial charge in [0, 0.05) is 51.4 Å². The van der Waals surface area contributed by atoms with E-state index in [2.05, 4.69) is 5.32 Å². The SMILES string of the molecule is COc1cc(NC(=O)N2CCN(S(=O)(=O)N3CCOCC3)CC2)cc(OC)c1OC. The molecule has 0 bridgehead atoms. The van der Waals surface area contributed by atoms with Gasteiger partial charge < -0.3 is 29.2 Å². The number of amides is 2.